The van der Waals surface area contributed by atoms with Gasteiger partial charge in [-0.2, -0.15) is 132 Å². The zero-order chi connectivity index (χ0) is 57.2. The van der Waals surface area contributed by atoms with E-state index in [1.807, 2.05) is 0 Å². The van der Waals surface area contributed by atoms with Crippen LogP contribution in [0, 0.1) is 29.1 Å². The molecule has 6 aromatic rings. The molecule has 0 spiro atoms. The minimum Gasteiger partial charge on any atom is -0.252 e. The molecule has 1 heterocycles. The highest BCUT2D eigenvalue weighted by Gasteiger charge is 2.47. The van der Waals surface area contributed by atoms with Gasteiger partial charge in [-0.05, 0) is 24.3 Å². The molecule has 0 aliphatic rings. The van der Waals surface area contributed by atoms with E-state index < -0.39 is 236 Å². The van der Waals surface area contributed by atoms with Crippen LogP contribution >= 0.6 is 0 Å². The topological polar surface area (TPSA) is 16.8 Å². The van der Waals surface area contributed by atoms with Crippen molar-refractivity contribution in [3.8, 4) is 0 Å². The molecule has 0 saturated carbocycles. The van der Waals surface area contributed by atoms with Crippen molar-refractivity contribution in [2.75, 3.05) is 0 Å². The van der Waals surface area contributed by atoms with Crippen LogP contribution in [0.15, 0.2) is 97.6 Å². The molecule has 1 aromatic heterocycles. The molecule has 0 fully saturated rings. The molecule has 0 atom stereocenters. The minimum atomic E-state index is -6.13. The summed E-state index contributed by atoms with van der Waals surface area (Å²) in [5.41, 5.74) is -31.1. The van der Waals surface area contributed by atoms with Gasteiger partial charge in [-0.25, -0.2) is 22.0 Å². The van der Waals surface area contributed by atoms with E-state index in [1.54, 1.807) is 0 Å². The van der Waals surface area contributed by atoms with Gasteiger partial charge in [0.15, 0.2) is 42.2 Å². The molecule has 406 valence electrons. The quantitative estimate of drug-likeness (QED) is 0.0534. The summed E-state index contributed by atoms with van der Waals surface area (Å²) < 4.78 is 407. The summed E-state index contributed by atoms with van der Waals surface area (Å²) >= 11 is 0. The molecule has 0 unspecified atom stereocenters. The van der Waals surface area contributed by atoms with Gasteiger partial charge in [0.1, 0.15) is 6.15 Å². The molecular weight excluding hydrogens is 1110 g/mol. The molecule has 32 heteroatoms. The molecule has 0 radical (unpaired) electrons. The Morgan fingerprint density at radius 3 is 0.667 bits per heavy atom. The van der Waals surface area contributed by atoms with Crippen LogP contribution in [0.3, 0.4) is 0 Å². The molecule has 2 nitrogen and oxygen atoms in total. The van der Waals surface area contributed by atoms with Crippen molar-refractivity contribution in [3.05, 3.63) is 177 Å². The zero-order valence-electron chi connectivity index (χ0n) is 35.4. The third-order valence-corrected chi connectivity index (χ3v) is 10.8. The van der Waals surface area contributed by atoms with Gasteiger partial charge in [0.05, 0.1) is 62.5 Å². The van der Waals surface area contributed by atoms with Crippen molar-refractivity contribution in [1.29, 1.82) is 0 Å². The van der Waals surface area contributed by atoms with Crippen LogP contribution in [-0.2, 0) is 56.0 Å². The lowest BCUT2D eigenvalue weighted by molar-refractivity contribution is -0.689. The lowest BCUT2D eigenvalue weighted by atomic mass is 9.12. The van der Waals surface area contributed by atoms with Gasteiger partial charge < -0.3 is 0 Å². The summed E-state index contributed by atoms with van der Waals surface area (Å²) in [6, 6.07) is -8.81. The molecule has 75 heavy (non-hydrogen) atoms. The van der Waals surface area contributed by atoms with Crippen molar-refractivity contribution < 1.29 is 132 Å². The largest absolute Gasteiger partial charge is 0.416 e. The van der Waals surface area contributed by atoms with Gasteiger partial charge in [-0.15, -0.1) is 0 Å². The maximum Gasteiger partial charge on any atom is 0.416 e. The molecular formula is C43H18BF29N2. The fourth-order valence-corrected chi connectivity index (χ4v) is 7.50. The average molecular weight is 1120 g/mol. The summed E-state index contributed by atoms with van der Waals surface area (Å²) in [4.78, 5) is 3.66. The standard InChI is InChI=1S/C32H12BF24.C11H6F5N2/c34-25(35,36)13-1-14(26(37,38)39)6-21(5-13)33(22-7-15(27(40,41)42)2-16(8-22)28(43,44)45,23-9-17(29(46,47)48)3-18(10-23)30(49,50)51)24-11-19(31(52,53)54)4-20(12-24)32(55,56)57;12-7-6(5-18-3-1-17-2-4-18)8(13)10(15)11(16)9(7)14/h1-12H;1-4H,5H2/q-1;+1. The van der Waals surface area contributed by atoms with E-state index in [2.05, 4.69) is 4.98 Å². The molecule has 5 aromatic carbocycles. The molecule has 0 aliphatic heterocycles. The first-order valence-corrected chi connectivity index (χ1v) is 19.4. The Balaban J connectivity index is 0.000000483. The Kier molecular flexibility index (Phi) is 15.5. The minimum absolute atomic E-state index is 0.478. The molecule has 0 amide bonds. The molecule has 0 saturated heterocycles. The van der Waals surface area contributed by atoms with Crippen LogP contribution in [0.5, 0.6) is 0 Å². The number of aromatic nitrogens is 2. The SMILES string of the molecule is FC(F)(F)c1cc([B-](c2cc(C(F)(F)F)cc(C(F)(F)F)c2)(c2cc(C(F)(F)F)cc(C(F)(F)F)c2)c2cc(C(F)(F)F)cc(C(F)(F)F)c2)cc(C(F)(F)F)c1.Fc1c(F)c(F)c(C[n+]2ccncc2)c(F)c1F. The number of benzene rings is 5. The van der Waals surface area contributed by atoms with Gasteiger partial charge in [-0.3, -0.25) is 4.98 Å². The van der Waals surface area contributed by atoms with Crippen LogP contribution in [0.4, 0.5) is 127 Å². The summed E-state index contributed by atoms with van der Waals surface area (Å²) in [7, 11) is 0. The van der Waals surface area contributed by atoms with E-state index in [-0.39, 0.29) is 0 Å². The number of hydrogen-bond donors (Lipinski definition) is 0. The Hall–Kier alpha value is -6.79. The van der Waals surface area contributed by atoms with E-state index in [0.717, 1.165) is 0 Å². The highest BCUT2D eigenvalue weighted by Crippen LogP contribution is 2.41. The van der Waals surface area contributed by atoms with Crippen LogP contribution in [0.25, 0.3) is 0 Å². The smallest absolute Gasteiger partial charge is 0.252 e. The number of hydrogen-bond acceptors (Lipinski definition) is 1. The van der Waals surface area contributed by atoms with Gasteiger partial charge in [0, 0.05) is 0 Å². The van der Waals surface area contributed by atoms with Crippen molar-refractivity contribution in [2.24, 2.45) is 0 Å². The fraction of sp³-hybridized carbons (Fsp3) is 0.209. The normalized spacial score (nSPS) is 13.5. The van der Waals surface area contributed by atoms with Crippen molar-refractivity contribution in [3.63, 3.8) is 0 Å². The number of alkyl halides is 24. The summed E-state index contributed by atoms with van der Waals surface area (Å²) in [5, 5.41) is 0. The third-order valence-electron chi connectivity index (χ3n) is 10.8. The monoisotopic (exact) mass is 1120 g/mol. The van der Waals surface area contributed by atoms with E-state index in [4.69, 9.17) is 0 Å². The van der Waals surface area contributed by atoms with Gasteiger partial charge in [0.25, 0.3) is 0 Å². The van der Waals surface area contributed by atoms with E-state index in [9.17, 15) is 127 Å². The van der Waals surface area contributed by atoms with Crippen molar-refractivity contribution in [2.45, 2.75) is 56.0 Å². The zero-order valence-corrected chi connectivity index (χ0v) is 35.4. The van der Waals surface area contributed by atoms with Crippen LogP contribution in [0.2, 0.25) is 0 Å². The predicted octanol–water partition coefficient (Wildman–Crippen LogP) is 13.3. The maximum absolute atomic E-state index is 14.2. The highest BCUT2D eigenvalue weighted by molar-refractivity contribution is 7.20. The second-order valence-electron chi connectivity index (χ2n) is 15.7. The molecule has 0 bridgehead atoms. The molecule has 0 aliphatic carbocycles. The van der Waals surface area contributed by atoms with Gasteiger partial charge >= 0.3 is 49.4 Å². The fourth-order valence-electron chi connectivity index (χ4n) is 7.50. The lowest BCUT2D eigenvalue weighted by Crippen LogP contribution is -2.75. The molecule has 6 rings (SSSR count). The number of halogens is 29. The molecule has 0 N–H and O–H groups in total. The summed E-state index contributed by atoms with van der Waals surface area (Å²) in [6.45, 7) is -0.478. The Morgan fingerprint density at radius 2 is 0.480 bits per heavy atom. The maximum atomic E-state index is 14.2. The second-order valence-corrected chi connectivity index (χ2v) is 15.7. The first-order valence-electron chi connectivity index (χ1n) is 19.4. The van der Waals surface area contributed by atoms with Crippen molar-refractivity contribution in [1.82, 2.24) is 4.98 Å². The predicted molar refractivity (Wildman–Crippen MR) is 200 cm³/mol. The summed E-state index contributed by atoms with van der Waals surface area (Å²) in [6.07, 6.45) is -49.5. The highest BCUT2D eigenvalue weighted by atomic mass is 19.4. The Morgan fingerprint density at radius 1 is 0.293 bits per heavy atom. The van der Waals surface area contributed by atoms with E-state index in [1.165, 1.54) is 29.4 Å². The Bertz CT molecular complexity index is 2600. The van der Waals surface area contributed by atoms with Gasteiger partial charge in [-0.1, -0.05) is 48.5 Å². The first-order chi connectivity index (χ1) is 33.8. The van der Waals surface area contributed by atoms with E-state index >= 15 is 0 Å². The Labute approximate surface area is 397 Å². The second kappa shape index (κ2) is 19.7. The summed E-state index contributed by atoms with van der Waals surface area (Å²) in [5.74, 6) is -9.70. The van der Waals surface area contributed by atoms with Crippen LogP contribution in [0.1, 0.15) is 50.1 Å². The third kappa shape index (κ3) is 12.8. The van der Waals surface area contributed by atoms with Crippen molar-refractivity contribution >= 4 is 28.0 Å². The van der Waals surface area contributed by atoms with Crippen LogP contribution < -0.4 is 26.4 Å². The van der Waals surface area contributed by atoms with Crippen LogP contribution in [-0.4, -0.2) is 11.1 Å². The lowest BCUT2D eigenvalue weighted by Gasteiger charge is -2.46. The number of nitrogens with zero attached hydrogens (tertiary/aromatic N) is 2. The van der Waals surface area contributed by atoms with Gasteiger partial charge in [0.2, 0.25) is 5.82 Å². The first kappa shape index (κ1) is 59.1. The average Bonchev–Trinajstić information content (AvgIpc) is 3.27. The number of rotatable bonds is 6. The van der Waals surface area contributed by atoms with E-state index in [0.29, 0.717) is 0 Å².